The van der Waals surface area contributed by atoms with Crippen LogP contribution in [0.1, 0.15) is 10.4 Å². The summed E-state index contributed by atoms with van der Waals surface area (Å²) in [5.74, 6) is 0.897. The van der Waals surface area contributed by atoms with Crippen molar-refractivity contribution in [3.8, 4) is 11.5 Å². The highest BCUT2D eigenvalue weighted by atomic mass is 35.5. The predicted molar refractivity (Wildman–Crippen MR) is 97.1 cm³/mol. The van der Waals surface area contributed by atoms with Crippen molar-refractivity contribution < 1.29 is 14.3 Å². The summed E-state index contributed by atoms with van der Waals surface area (Å²) >= 11 is 13.2. The number of fused-ring (bicyclic) bond motifs is 1. The first-order chi connectivity index (χ1) is 11.5. The van der Waals surface area contributed by atoms with E-state index in [0.29, 0.717) is 32.7 Å². The number of rotatable bonds is 4. The van der Waals surface area contributed by atoms with Crippen molar-refractivity contribution in [3.05, 3.63) is 45.9 Å². The summed E-state index contributed by atoms with van der Waals surface area (Å²) in [7, 11) is 3.14. The summed E-state index contributed by atoms with van der Waals surface area (Å²) in [5.41, 5.74) is 0.943. The summed E-state index contributed by atoms with van der Waals surface area (Å²) < 4.78 is 11.4. The highest BCUT2D eigenvalue weighted by molar-refractivity contribution is 7.22. The summed E-state index contributed by atoms with van der Waals surface area (Å²) in [6, 6.07) is 8.24. The summed E-state index contributed by atoms with van der Waals surface area (Å²) in [6.07, 6.45) is 0. The van der Waals surface area contributed by atoms with Crippen LogP contribution in [0.2, 0.25) is 10.0 Å². The van der Waals surface area contributed by atoms with Crippen LogP contribution in [0.5, 0.6) is 11.5 Å². The van der Waals surface area contributed by atoms with Crippen LogP contribution in [-0.4, -0.2) is 25.1 Å². The number of ether oxygens (including phenoxy) is 2. The van der Waals surface area contributed by atoms with Gasteiger partial charge in [0.2, 0.25) is 0 Å². The van der Waals surface area contributed by atoms with Crippen LogP contribution in [0.3, 0.4) is 0 Å². The molecule has 0 aliphatic heterocycles. The first-order valence-corrected chi connectivity index (χ1v) is 8.38. The molecule has 1 amide bonds. The van der Waals surface area contributed by atoms with E-state index in [1.54, 1.807) is 38.5 Å². The van der Waals surface area contributed by atoms with Gasteiger partial charge in [-0.25, -0.2) is 4.98 Å². The van der Waals surface area contributed by atoms with Gasteiger partial charge in [-0.1, -0.05) is 34.5 Å². The third kappa shape index (κ3) is 3.13. The minimum atomic E-state index is -0.367. The molecule has 8 heteroatoms. The van der Waals surface area contributed by atoms with Gasteiger partial charge in [0.1, 0.15) is 21.7 Å². The van der Waals surface area contributed by atoms with Crippen LogP contribution in [0.4, 0.5) is 5.13 Å². The largest absolute Gasteiger partial charge is 0.495 e. The molecule has 3 aromatic rings. The number of nitrogens with zero attached hydrogens (tertiary/aromatic N) is 1. The van der Waals surface area contributed by atoms with Crippen molar-refractivity contribution in [1.29, 1.82) is 0 Å². The lowest BCUT2D eigenvalue weighted by molar-refractivity contribution is 0.102. The minimum absolute atomic E-state index is 0.274. The van der Waals surface area contributed by atoms with Crippen LogP contribution in [0.25, 0.3) is 10.2 Å². The number of benzene rings is 2. The van der Waals surface area contributed by atoms with Gasteiger partial charge in [0, 0.05) is 5.02 Å². The van der Waals surface area contributed by atoms with Crippen molar-refractivity contribution >= 4 is 55.8 Å². The lowest BCUT2D eigenvalue weighted by Gasteiger charge is -2.04. The smallest absolute Gasteiger partial charge is 0.258 e. The Labute approximate surface area is 152 Å². The van der Waals surface area contributed by atoms with Gasteiger partial charge in [0.05, 0.1) is 24.8 Å². The second-order valence-electron chi connectivity index (χ2n) is 4.75. The third-order valence-corrected chi connectivity index (χ3v) is 4.84. The molecule has 0 unspecified atom stereocenters. The van der Waals surface area contributed by atoms with E-state index in [-0.39, 0.29) is 10.9 Å². The number of hydrogen-bond acceptors (Lipinski definition) is 5. The zero-order valence-electron chi connectivity index (χ0n) is 12.7. The van der Waals surface area contributed by atoms with E-state index in [2.05, 4.69) is 10.3 Å². The molecule has 2 aromatic carbocycles. The molecule has 0 fully saturated rings. The number of carbonyl (C=O) groups is 1. The van der Waals surface area contributed by atoms with Gasteiger partial charge in [0.15, 0.2) is 5.13 Å². The van der Waals surface area contributed by atoms with Gasteiger partial charge in [0.25, 0.3) is 5.91 Å². The normalized spacial score (nSPS) is 10.7. The highest BCUT2D eigenvalue weighted by Gasteiger charge is 2.17. The number of nitrogens with one attached hydrogen (secondary N) is 1. The number of amides is 1. The Morgan fingerprint density at radius 2 is 1.83 bits per heavy atom. The molecule has 0 atom stereocenters. The van der Waals surface area contributed by atoms with E-state index < -0.39 is 0 Å². The van der Waals surface area contributed by atoms with Crippen molar-refractivity contribution in [2.24, 2.45) is 0 Å². The van der Waals surface area contributed by atoms with Crippen LogP contribution in [0.15, 0.2) is 30.3 Å². The maximum absolute atomic E-state index is 12.4. The first kappa shape index (κ1) is 16.8. The van der Waals surface area contributed by atoms with E-state index in [0.717, 1.165) is 4.70 Å². The minimum Gasteiger partial charge on any atom is -0.495 e. The van der Waals surface area contributed by atoms with Gasteiger partial charge in [-0.2, -0.15) is 0 Å². The van der Waals surface area contributed by atoms with Gasteiger partial charge in [-0.3, -0.25) is 10.1 Å². The second kappa shape index (κ2) is 6.84. The molecule has 1 aromatic heterocycles. The van der Waals surface area contributed by atoms with Gasteiger partial charge >= 0.3 is 0 Å². The molecule has 0 radical (unpaired) electrons. The Morgan fingerprint density at radius 3 is 2.50 bits per heavy atom. The molecule has 1 heterocycles. The highest BCUT2D eigenvalue weighted by Crippen LogP contribution is 2.39. The SMILES string of the molecule is COc1ccc(OC)c2sc(NC(=O)c3ccc(Cl)cc3Cl)nc12. The number of thiazole rings is 1. The molecule has 24 heavy (non-hydrogen) atoms. The van der Waals surface area contributed by atoms with E-state index in [1.807, 2.05) is 0 Å². The van der Waals surface area contributed by atoms with Crippen molar-refractivity contribution in [3.63, 3.8) is 0 Å². The van der Waals surface area contributed by atoms with Gasteiger partial charge < -0.3 is 9.47 Å². The summed E-state index contributed by atoms with van der Waals surface area (Å²) in [4.78, 5) is 16.8. The first-order valence-electron chi connectivity index (χ1n) is 6.81. The quantitative estimate of drug-likeness (QED) is 0.698. The monoisotopic (exact) mass is 382 g/mol. The maximum Gasteiger partial charge on any atom is 0.258 e. The molecule has 0 aliphatic rings. The fraction of sp³-hybridized carbons (Fsp3) is 0.125. The molecule has 0 aliphatic carbocycles. The zero-order chi connectivity index (χ0) is 17.3. The second-order valence-corrected chi connectivity index (χ2v) is 6.59. The van der Waals surface area contributed by atoms with Crippen molar-refractivity contribution in [2.45, 2.75) is 0 Å². The van der Waals surface area contributed by atoms with Gasteiger partial charge in [-0.05, 0) is 30.3 Å². The third-order valence-electron chi connectivity index (χ3n) is 3.31. The zero-order valence-corrected chi connectivity index (χ0v) is 15.1. The number of anilines is 1. The van der Waals surface area contributed by atoms with Crippen LogP contribution < -0.4 is 14.8 Å². The standard InChI is InChI=1S/C16H12Cl2N2O3S/c1-22-11-5-6-12(23-2)14-13(11)19-16(24-14)20-15(21)9-4-3-8(17)7-10(9)18/h3-7H,1-2H3,(H,19,20,21). The van der Waals surface area contributed by atoms with E-state index >= 15 is 0 Å². The Balaban J connectivity index is 1.96. The molecule has 3 rings (SSSR count). The lowest BCUT2D eigenvalue weighted by Crippen LogP contribution is -2.12. The van der Waals surface area contributed by atoms with Crippen molar-refractivity contribution in [1.82, 2.24) is 4.98 Å². The molecule has 0 saturated carbocycles. The molecule has 0 bridgehead atoms. The average Bonchev–Trinajstić information content (AvgIpc) is 2.97. The number of methoxy groups -OCH3 is 2. The molecular formula is C16H12Cl2N2O3S. The molecule has 0 spiro atoms. The number of aromatic nitrogens is 1. The Bertz CT molecular complexity index is 886. The number of carbonyl (C=O) groups excluding carboxylic acids is 1. The fourth-order valence-electron chi connectivity index (χ4n) is 2.18. The molecule has 5 nitrogen and oxygen atoms in total. The average molecular weight is 383 g/mol. The van der Waals surface area contributed by atoms with Crippen LogP contribution in [-0.2, 0) is 0 Å². The van der Waals surface area contributed by atoms with E-state index in [1.165, 1.54) is 17.4 Å². The Hall–Kier alpha value is -2.02. The van der Waals surface area contributed by atoms with Crippen molar-refractivity contribution in [2.75, 3.05) is 19.5 Å². The van der Waals surface area contributed by atoms with Gasteiger partial charge in [-0.15, -0.1) is 0 Å². The van der Waals surface area contributed by atoms with E-state index in [4.69, 9.17) is 32.7 Å². The topological polar surface area (TPSA) is 60.5 Å². The molecule has 124 valence electrons. The fourth-order valence-corrected chi connectivity index (χ4v) is 3.64. The summed E-state index contributed by atoms with van der Waals surface area (Å²) in [6.45, 7) is 0. The van der Waals surface area contributed by atoms with E-state index in [9.17, 15) is 4.79 Å². The number of hydrogen-bond donors (Lipinski definition) is 1. The lowest BCUT2D eigenvalue weighted by atomic mass is 10.2. The number of halogens is 2. The molecule has 1 N–H and O–H groups in total. The maximum atomic E-state index is 12.4. The Kier molecular flexibility index (Phi) is 4.80. The Morgan fingerprint density at radius 1 is 1.12 bits per heavy atom. The summed E-state index contributed by atoms with van der Waals surface area (Å²) in [5, 5.41) is 3.90. The predicted octanol–water partition coefficient (Wildman–Crippen LogP) is 4.87. The molecular weight excluding hydrogens is 371 g/mol. The van der Waals surface area contributed by atoms with Crippen LogP contribution in [0, 0.1) is 0 Å². The van der Waals surface area contributed by atoms with Crippen LogP contribution >= 0.6 is 34.5 Å². The molecule has 0 saturated heterocycles.